The van der Waals surface area contributed by atoms with Crippen LogP contribution in [0.25, 0.3) is 0 Å². The van der Waals surface area contributed by atoms with E-state index in [-0.39, 0.29) is 44.8 Å². The summed E-state index contributed by atoms with van der Waals surface area (Å²) in [6.45, 7) is 0. The van der Waals surface area contributed by atoms with E-state index in [1.54, 1.807) is 0 Å². The van der Waals surface area contributed by atoms with Crippen LogP contribution in [0.4, 0.5) is 20.2 Å². The van der Waals surface area contributed by atoms with Gasteiger partial charge in [0.25, 0.3) is 10.8 Å². The first kappa shape index (κ1) is 21.4. The van der Waals surface area contributed by atoms with Gasteiger partial charge in [-0.1, -0.05) is 0 Å². The van der Waals surface area contributed by atoms with E-state index in [0.717, 1.165) is 12.1 Å². The summed E-state index contributed by atoms with van der Waals surface area (Å²) in [4.78, 5) is 32.4. The molecule has 0 unspecified atom stereocenters. The molecule has 0 saturated carbocycles. The zero-order valence-corrected chi connectivity index (χ0v) is 16.2. The number of hydrogen-bond acceptors (Lipinski definition) is 5. The minimum Gasteiger partial charge on any atom is -0.457 e. The Morgan fingerprint density at radius 2 is 1.61 bits per heavy atom. The van der Waals surface area contributed by atoms with Crippen LogP contribution >= 0.6 is 0 Å². The Balaban J connectivity index is 1.84. The van der Waals surface area contributed by atoms with Gasteiger partial charge in [0.05, 0.1) is 4.91 Å². The van der Waals surface area contributed by atoms with E-state index < -0.39 is 17.5 Å². The number of halogens is 2. The van der Waals surface area contributed by atoms with Gasteiger partial charge in [0.1, 0.15) is 29.0 Å². The molecule has 3 rings (SSSR count). The first-order valence-electron chi connectivity index (χ1n) is 8.80. The Hall–Kier alpha value is -4.34. The quantitative estimate of drug-likeness (QED) is 0.267. The highest BCUT2D eigenvalue weighted by Gasteiger charge is 2.16. The lowest BCUT2D eigenvalue weighted by molar-refractivity contribution is -0.736. The number of aliphatic imine (C=N–C) groups is 1. The Morgan fingerprint density at radius 1 is 0.968 bits per heavy atom. The second-order valence-corrected chi connectivity index (χ2v) is 6.25. The molecule has 0 spiro atoms. The summed E-state index contributed by atoms with van der Waals surface area (Å²) < 4.78 is 32.2. The average molecular weight is 427 g/mol. The summed E-state index contributed by atoms with van der Waals surface area (Å²) in [5.41, 5.74) is 12.6. The monoisotopic (exact) mass is 427 g/mol. The minimum atomic E-state index is -0.797. The van der Waals surface area contributed by atoms with Gasteiger partial charge < -0.3 is 16.2 Å². The zero-order valence-electron chi connectivity index (χ0n) is 16.2. The van der Waals surface area contributed by atoms with Gasteiger partial charge in [-0.3, -0.25) is 4.79 Å². The predicted octanol–water partition coefficient (Wildman–Crippen LogP) is 3.86. The van der Waals surface area contributed by atoms with E-state index in [1.807, 2.05) is 0 Å². The number of nitrogens with two attached hydrogens (primary N) is 2. The van der Waals surface area contributed by atoms with Crippen LogP contribution < -0.4 is 16.2 Å². The Bertz CT molecular complexity index is 1160. The van der Waals surface area contributed by atoms with Crippen LogP contribution in [0.2, 0.25) is 0 Å². The first-order valence-corrected chi connectivity index (χ1v) is 8.80. The molecule has 0 aromatic heterocycles. The molecule has 158 valence electrons. The van der Waals surface area contributed by atoms with Gasteiger partial charge >= 0.3 is 5.69 Å². The summed E-state index contributed by atoms with van der Waals surface area (Å²) in [5, 5.41) is 0. The van der Waals surface area contributed by atoms with Crippen molar-refractivity contribution in [2.45, 2.75) is 0 Å². The fourth-order valence-electron chi connectivity index (χ4n) is 2.61. The van der Waals surface area contributed by atoms with Crippen molar-refractivity contribution < 1.29 is 28.1 Å². The van der Waals surface area contributed by atoms with Crippen LogP contribution in [0, 0.1) is 16.5 Å². The molecular weight excluding hydrogens is 410 g/mol. The van der Waals surface area contributed by atoms with Gasteiger partial charge in [-0.25, -0.2) is 13.6 Å². The van der Waals surface area contributed by atoms with Crippen molar-refractivity contribution in [3.05, 3.63) is 88.3 Å². The number of amidine groups is 1. The van der Waals surface area contributed by atoms with Gasteiger partial charge in [-0.15, -0.1) is 0 Å². The molecule has 8 nitrogen and oxygen atoms in total. The number of rotatable bonds is 6. The Labute approximate surface area is 175 Å². The maximum atomic E-state index is 13.4. The van der Waals surface area contributed by atoms with Crippen molar-refractivity contribution in [2.75, 3.05) is 12.8 Å². The van der Waals surface area contributed by atoms with Gasteiger partial charge in [-0.2, -0.15) is 4.99 Å². The second-order valence-electron chi connectivity index (χ2n) is 6.25. The fraction of sp³-hybridized carbons (Fsp3) is 0.0476. The zero-order chi connectivity index (χ0) is 22.5. The van der Waals surface area contributed by atoms with Gasteiger partial charge in [-0.05, 0) is 30.3 Å². The molecule has 4 N–H and O–H groups in total. The summed E-state index contributed by atoms with van der Waals surface area (Å²) in [6, 6.07) is 12.6. The van der Waals surface area contributed by atoms with Crippen LogP contribution in [0.5, 0.6) is 11.5 Å². The molecule has 31 heavy (non-hydrogen) atoms. The van der Waals surface area contributed by atoms with Crippen molar-refractivity contribution in [1.29, 1.82) is 0 Å². The molecule has 0 bridgehead atoms. The molecule has 1 amide bonds. The topological polar surface area (TPSA) is 120 Å². The van der Waals surface area contributed by atoms with Crippen LogP contribution in [-0.2, 0) is 4.84 Å². The lowest BCUT2D eigenvalue weighted by Gasteiger charge is -2.10. The summed E-state index contributed by atoms with van der Waals surface area (Å²) in [6.07, 6.45) is 0. The maximum Gasteiger partial charge on any atom is 0.316 e. The molecule has 3 aromatic rings. The van der Waals surface area contributed by atoms with E-state index in [2.05, 4.69) is 9.83 Å². The van der Waals surface area contributed by atoms with Crippen LogP contribution in [-0.4, -0.2) is 23.8 Å². The third kappa shape index (κ3) is 5.18. The number of ether oxygens (including phenoxy) is 1. The molecule has 0 aliphatic carbocycles. The summed E-state index contributed by atoms with van der Waals surface area (Å²) >= 11 is 0. The Kier molecular flexibility index (Phi) is 6.20. The number of carbonyl (C=O) groups is 1. The molecular formula is C21H17F2N4O4+. The van der Waals surface area contributed by atoms with Crippen molar-refractivity contribution in [3.8, 4) is 11.5 Å². The van der Waals surface area contributed by atoms with Crippen molar-refractivity contribution >= 4 is 23.1 Å². The molecule has 0 fully saturated rings. The van der Waals surface area contributed by atoms with Crippen molar-refractivity contribution in [3.63, 3.8) is 0 Å². The lowest BCUT2D eigenvalue weighted by atomic mass is 10.1. The summed E-state index contributed by atoms with van der Waals surface area (Å²) in [7, 11) is 1.21. The molecule has 10 heteroatoms. The van der Waals surface area contributed by atoms with Gasteiger partial charge in [0.2, 0.25) is 0 Å². The average Bonchev–Trinajstić information content (AvgIpc) is 2.73. The molecule has 0 radical (unpaired) electrons. The largest absolute Gasteiger partial charge is 0.457 e. The van der Waals surface area contributed by atoms with E-state index in [0.29, 0.717) is 6.07 Å². The molecule has 0 aliphatic rings. The minimum absolute atomic E-state index is 0.0663. The highest BCUT2D eigenvalue weighted by atomic mass is 19.1. The third-order valence-corrected chi connectivity index (χ3v) is 4.09. The molecule has 0 aliphatic heterocycles. The highest BCUT2D eigenvalue weighted by Crippen LogP contribution is 2.26. The SMILES string of the molecule is CO[N+](=O)c1ccc(C(=O)N=C(N)c2cc(Oc3cc(F)cc(F)c3)ccc2N)cc1. The number of nitrogens with zero attached hydrogens (tertiary/aromatic N) is 2. The number of nitrogen functional groups attached to an aromatic ring is 1. The normalized spacial score (nSPS) is 11.1. The molecule has 0 saturated heterocycles. The maximum absolute atomic E-state index is 13.4. The molecule has 0 heterocycles. The second kappa shape index (κ2) is 8.99. The number of anilines is 1. The van der Waals surface area contributed by atoms with Gasteiger partial charge in [0.15, 0.2) is 7.11 Å². The number of carbonyl (C=O) groups excluding carboxylic acids is 1. The molecule has 0 atom stereocenters. The summed E-state index contributed by atoms with van der Waals surface area (Å²) in [5.74, 6) is -2.34. The van der Waals surface area contributed by atoms with Crippen LogP contribution in [0.3, 0.4) is 0 Å². The van der Waals surface area contributed by atoms with Gasteiger partial charge in [0, 0.05) is 47.1 Å². The fourth-order valence-corrected chi connectivity index (χ4v) is 2.61. The molecule has 3 aromatic carbocycles. The lowest BCUT2D eigenvalue weighted by Crippen LogP contribution is -2.18. The first-order chi connectivity index (χ1) is 14.8. The number of hydrogen-bond donors (Lipinski definition) is 2. The van der Waals surface area contributed by atoms with Crippen LogP contribution in [0.15, 0.2) is 65.7 Å². The van der Waals surface area contributed by atoms with Crippen LogP contribution in [0.1, 0.15) is 15.9 Å². The number of benzene rings is 3. The number of amides is 1. The smallest absolute Gasteiger partial charge is 0.316 e. The van der Waals surface area contributed by atoms with E-state index in [9.17, 15) is 18.5 Å². The predicted molar refractivity (Wildman–Crippen MR) is 109 cm³/mol. The highest BCUT2D eigenvalue weighted by molar-refractivity contribution is 6.11. The van der Waals surface area contributed by atoms with Crippen molar-refractivity contribution in [1.82, 2.24) is 0 Å². The third-order valence-electron chi connectivity index (χ3n) is 4.09. The van der Waals surface area contributed by atoms with E-state index in [1.165, 1.54) is 49.6 Å². The van der Waals surface area contributed by atoms with E-state index >= 15 is 0 Å². The standard InChI is InChI=1S/C21H16F2N4O4/c1-30-27(29)15-4-2-12(3-5-15)21(28)26-20(25)18-11-16(6-7-19(18)24)31-17-9-13(22)8-14(23)10-17/h2-11H,1H3,(H3-,24,25,26,28)/p+1. The van der Waals surface area contributed by atoms with Crippen molar-refractivity contribution in [2.24, 2.45) is 10.7 Å². The Morgan fingerprint density at radius 3 is 2.23 bits per heavy atom. The van der Waals surface area contributed by atoms with E-state index in [4.69, 9.17) is 16.2 Å².